The van der Waals surface area contributed by atoms with Gasteiger partial charge in [-0.25, -0.2) is 9.18 Å². The molecule has 4 nitrogen and oxygen atoms in total. The summed E-state index contributed by atoms with van der Waals surface area (Å²) in [7, 11) is 1.57. The molecule has 126 valence electrons. The Morgan fingerprint density at radius 3 is 2.38 bits per heavy atom. The summed E-state index contributed by atoms with van der Waals surface area (Å²) in [5.41, 5.74) is 0.460. The summed E-state index contributed by atoms with van der Waals surface area (Å²) in [6.07, 6.45) is -1.07. The van der Waals surface area contributed by atoms with Crippen LogP contribution in [-0.2, 0) is 9.53 Å². The highest BCUT2D eigenvalue weighted by Crippen LogP contribution is 2.25. The van der Waals surface area contributed by atoms with Crippen molar-refractivity contribution in [3.63, 3.8) is 0 Å². The number of hydrogen-bond donors (Lipinski definition) is 0. The number of benzene rings is 2. The zero-order valence-electron chi connectivity index (χ0n) is 12.9. The minimum atomic E-state index is -1.07. The highest BCUT2D eigenvalue weighted by molar-refractivity contribution is 6.36. The molecule has 1 atom stereocenters. The topological polar surface area (TPSA) is 46.6 Å². The predicted octanol–water partition coefficient (Wildman–Crippen LogP) is 4.34. The smallest absolute Gasteiger partial charge is 0.340 e. The Balaban J connectivity index is 2.11. The number of rotatable bonds is 4. The summed E-state index contributed by atoms with van der Waals surface area (Å²) < 4.78 is 18.6. The first-order valence-electron chi connectivity index (χ1n) is 6.99. The van der Waals surface area contributed by atoms with Crippen LogP contribution in [0.2, 0.25) is 10.0 Å². The van der Waals surface area contributed by atoms with Crippen LogP contribution in [0, 0.1) is 5.82 Å². The van der Waals surface area contributed by atoms with Crippen LogP contribution in [0.1, 0.15) is 17.3 Å². The van der Waals surface area contributed by atoms with E-state index in [1.807, 2.05) is 6.07 Å². The minimum absolute atomic E-state index is 0.0533. The lowest BCUT2D eigenvalue weighted by Gasteiger charge is -2.21. The summed E-state index contributed by atoms with van der Waals surface area (Å²) in [6, 6.07) is 10.9. The molecule has 0 aliphatic rings. The Labute approximate surface area is 148 Å². The van der Waals surface area contributed by atoms with E-state index in [0.29, 0.717) is 5.69 Å². The molecule has 0 unspecified atom stereocenters. The predicted molar refractivity (Wildman–Crippen MR) is 91.1 cm³/mol. The number of amides is 1. The first-order chi connectivity index (χ1) is 11.3. The van der Waals surface area contributed by atoms with Gasteiger partial charge in [-0.2, -0.15) is 0 Å². The van der Waals surface area contributed by atoms with Crippen LogP contribution in [0.4, 0.5) is 10.1 Å². The molecular formula is C17H14Cl2FNO3. The zero-order chi connectivity index (χ0) is 17.9. The fourth-order valence-electron chi connectivity index (χ4n) is 2.00. The summed E-state index contributed by atoms with van der Waals surface area (Å²) in [4.78, 5) is 25.8. The third-order valence-electron chi connectivity index (χ3n) is 3.34. The van der Waals surface area contributed by atoms with Gasteiger partial charge in [0.05, 0.1) is 15.6 Å². The number of carbonyl (C=O) groups is 2. The van der Waals surface area contributed by atoms with E-state index in [9.17, 15) is 14.0 Å². The van der Waals surface area contributed by atoms with Crippen molar-refractivity contribution in [2.45, 2.75) is 13.0 Å². The molecule has 0 spiro atoms. The maximum atomic E-state index is 13.5. The van der Waals surface area contributed by atoms with Crippen molar-refractivity contribution < 1.29 is 18.7 Å². The molecule has 24 heavy (non-hydrogen) atoms. The summed E-state index contributed by atoms with van der Waals surface area (Å²) in [5, 5.41) is -0.257. The maximum absolute atomic E-state index is 13.5. The summed E-state index contributed by atoms with van der Waals surface area (Å²) in [6.45, 7) is 1.43. The lowest BCUT2D eigenvalue weighted by Crippen LogP contribution is -2.37. The molecule has 0 heterocycles. The van der Waals surface area contributed by atoms with Crippen molar-refractivity contribution in [1.29, 1.82) is 0 Å². The van der Waals surface area contributed by atoms with E-state index in [1.54, 1.807) is 31.3 Å². The van der Waals surface area contributed by atoms with Crippen molar-refractivity contribution in [1.82, 2.24) is 0 Å². The van der Waals surface area contributed by atoms with Crippen LogP contribution in [0.25, 0.3) is 0 Å². The van der Waals surface area contributed by atoms with Gasteiger partial charge in [0, 0.05) is 12.7 Å². The second-order valence-electron chi connectivity index (χ2n) is 5.03. The van der Waals surface area contributed by atoms with Crippen molar-refractivity contribution in [2.75, 3.05) is 11.9 Å². The molecule has 0 aromatic heterocycles. The second-order valence-corrected chi connectivity index (χ2v) is 5.84. The van der Waals surface area contributed by atoms with Crippen LogP contribution >= 0.6 is 23.2 Å². The van der Waals surface area contributed by atoms with Gasteiger partial charge in [-0.3, -0.25) is 4.79 Å². The van der Waals surface area contributed by atoms with E-state index < -0.39 is 23.8 Å². The highest BCUT2D eigenvalue weighted by Gasteiger charge is 2.24. The molecule has 0 aliphatic carbocycles. The van der Waals surface area contributed by atoms with E-state index in [0.717, 1.165) is 12.1 Å². The standard InChI is InChI=1S/C17H14Cl2FNO3/c1-10(16(22)21(2)11-6-4-3-5-7-11)24-17(23)12-8-15(20)14(19)9-13(12)18/h3-10H,1-2H3/t10-/m0/s1. The Kier molecular flexibility index (Phi) is 5.80. The molecule has 2 rings (SSSR count). The van der Waals surface area contributed by atoms with Gasteiger partial charge in [-0.1, -0.05) is 41.4 Å². The van der Waals surface area contributed by atoms with Gasteiger partial charge in [-0.05, 0) is 31.2 Å². The molecule has 7 heteroatoms. The van der Waals surface area contributed by atoms with Crippen LogP contribution in [-0.4, -0.2) is 25.0 Å². The number of likely N-dealkylation sites (N-methyl/N-ethyl adjacent to an activating group) is 1. The average Bonchev–Trinajstić information content (AvgIpc) is 2.57. The normalized spacial score (nSPS) is 11.7. The molecule has 0 saturated heterocycles. The molecule has 0 radical (unpaired) electrons. The molecule has 2 aromatic rings. The quantitative estimate of drug-likeness (QED) is 0.594. The number of anilines is 1. The largest absolute Gasteiger partial charge is 0.449 e. The summed E-state index contributed by atoms with van der Waals surface area (Å²) >= 11 is 11.5. The Bertz CT molecular complexity index is 768. The van der Waals surface area contributed by atoms with Gasteiger partial charge in [0.15, 0.2) is 6.10 Å². The number of ether oxygens (including phenoxy) is 1. The monoisotopic (exact) mass is 369 g/mol. The van der Waals surface area contributed by atoms with E-state index in [1.165, 1.54) is 11.8 Å². The van der Waals surface area contributed by atoms with E-state index >= 15 is 0 Å². The third-order valence-corrected chi connectivity index (χ3v) is 3.94. The van der Waals surface area contributed by atoms with Gasteiger partial charge < -0.3 is 9.64 Å². The van der Waals surface area contributed by atoms with E-state index in [2.05, 4.69) is 0 Å². The number of hydrogen-bond acceptors (Lipinski definition) is 3. The lowest BCUT2D eigenvalue weighted by molar-refractivity contribution is -0.126. The van der Waals surface area contributed by atoms with E-state index in [4.69, 9.17) is 27.9 Å². The minimum Gasteiger partial charge on any atom is -0.449 e. The average molecular weight is 370 g/mol. The molecule has 0 aliphatic heterocycles. The molecule has 0 N–H and O–H groups in total. The maximum Gasteiger partial charge on any atom is 0.340 e. The van der Waals surface area contributed by atoms with Crippen LogP contribution < -0.4 is 4.90 Å². The highest BCUT2D eigenvalue weighted by atomic mass is 35.5. The van der Waals surface area contributed by atoms with Gasteiger partial charge in [-0.15, -0.1) is 0 Å². The van der Waals surface area contributed by atoms with Crippen molar-refractivity contribution in [2.24, 2.45) is 0 Å². The Morgan fingerprint density at radius 2 is 1.75 bits per heavy atom. The number of para-hydroxylation sites is 1. The van der Waals surface area contributed by atoms with Gasteiger partial charge >= 0.3 is 5.97 Å². The fraction of sp³-hybridized carbons (Fsp3) is 0.176. The Hall–Kier alpha value is -2.11. The van der Waals surface area contributed by atoms with Crippen LogP contribution in [0.5, 0.6) is 0 Å². The molecular weight excluding hydrogens is 356 g/mol. The fourth-order valence-corrected chi connectivity index (χ4v) is 2.47. The Morgan fingerprint density at radius 1 is 1.12 bits per heavy atom. The molecule has 2 aromatic carbocycles. The lowest BCUT2D eigenvalue weighted by atomic mass is 10.2. The van der Waals surface area contributed by atoms with Gasteiger partial charge in [0.1, 0.15) is 5.82 Å². The number of carbonyl (C=O) groups excluding carboxylic acids is 2. The molecule has 0 bridgehead atoms. The van der Waals surface area contributed by atoms with Crippen molar-refractivity contribution >= 4 is 40.8 Å². The van der Waals surface area contributed by atoms with E-state index in [-0.39, 0.29) is 15.6 Å². The SMILES string of the molecule is C[C@H](OC(=O)c1cc(F)c(Cl)cc1Cl)C(=O)N(C)c1ccccc1. The van der Waals surface area contributed by atoms with Crippen molar-refractivity contribution in [3.05, 3.63) is 63.9 Å². The first-order valence-corrected chi connectivity index (χ1v) is 7.75. The van der Waals surface area contributed by atoms with Crippen LogP contribution in [0.3, 0.4) is 0 Å². The zero-order valence-corrected chi connectivity index (χ0v) is 14.4. The third kappa shape index (κ3) is 4.04. The van der Waals surface area contributed by atoms with Crippen LogP contribution in [0.15, 0.2) is 42.5 Å². The molecule has 0 saturated carbocycles. The summed E-state index contributed by atoms with van der Waals surface area (Å²) in [5.74, 6) is -2.13. The molecule has 1 amide bonds. The van der Waals surface area contributed by atoms with Crippen molar-refractivity contribution in [3.8, 4) is 0 Å². The number of esters is 1. The van der Waals surface area contributed by atoms with Gasteiger partial charge in [0.25, 0.3) is 5.91 Å². The number of nitrogens with zero attached hydrogens (tertiary/aromatic N) is 1. The second kappa shape index (κ2) is 7.64. The van der Waals surface area contributed by atoms with Gasteiger partial charge in [0.2, 0.25) is 0 Å². The molecule has 0 fully saturated rings. The number of halogens is 3. The first kappa shape index (κ1) is 18.2.